The van der Waals surface area contributed by atoms with E-state index in [0.29, 0.717) is 30.5 Å². The molecular formula is C11H17F2N3O2. The largest absolute Gasteiger partial charge is 0.476 e. The predicted octanol–water partition coefficient (Wildman–Crippen LogP) is 1.76. The molecule has 0 aliphatic carbocycles. The summed E-state index contributed by atoms with van der Waals surface area (Å²) in [6.45, 7) is 2.31. The van der Waals surface area contributed by atoms with Gasteiger partial charge in [0.2, 0.25) is 5.88 Å². The molecule has 0 bridgehead atoms. The number of hydrogen-bond donors (Lipinski definition) is 2. The summed E-state index contributed by atoms with van der Waals surface area (Å²) >= 11 is 0. The van der Waals surface area contributed by atoms with Gasteiger partial charge in [0, 0.05) is 6.54 Å². The molecule has 18 heavy (non-hydrogen) atoms. The van der Waals surface area contributed by atoms with Crippen LogP contribution in [-0.2, 0) is 4.74 Å². The van der Waals surface area contributed by atoms with Crippen molar-refractivity contribution in [1.29, 1.82) is 0 Å². The minimum absolute atomic E-state index is 0.181. The molecule has 1 aromatic heterocycles. The van der Waals surface area contributed by atoms with Crippen LogP contribution < -0.4 is 15.8 Å². The quantitative estimate of drug-likeness (QED) is 0.698. The normalized spacial score (nSPS) is 10.7. The smallest absolute Gasteiger partial charge is 0.261 e. The highest BCUT2D eigenvalue weighted by molar-refractivity contribution is 5.53. The molecule has 0 radical (unpaired) electrons. The SMILES string of the molecule is CCOc1nc(NCCOCC(F)F)ccc1N. The lowest BCUT2D eigenvalue weighted by molar-refractivity contribution is 0.0215. The second-order valence-electron chi connectivity index (χ2n) is 3.42. The van der Waals surface area contributed by atoms with Crippen molar-refractivity contribution in [3.63, 3.8) is 0 Å². The Morgan fingerprint density at radius 2 is 2.22 bits per heavy atom. The van der Waals surface area contributed by atoms with Crippen molar-refractivity contribution >= 4 is 11.5 Å². The van der Waals surface area contributed by atoms with Gasteiger partial charge in [0.1, 0.15) is 12.4 Å². The highest BCUT2D eigenvalue weighted by Crippen LogP contribution is 2.20. The van der Waals surface area contributed by atoms with Crippen LogP contribution in [-0.4, -0.2) is 37.8 Å². The van der Waals surface area contributed by atoms with Gasteiger partial charge in [0.25, 0.3) is 6.43 Å². The maximum absolute atomic E-state index is 11.8. The number of nitrogens with two attached hydrogens (primary N) is 1. The number of nitrogen functional groups attached to an aromatic ring is 1. The van der Waals surface area contributed by atoms with Gasteiger partial charge in [-0.2, -0.15) is 4.98 Å². The Balaban J connectivity index is 2.35. The third kappa shape index (κ3) is 5.13. The number of nitrogens with zero attached hydrogens (tertiary/aromatic N) is 1. The first kappa shape index (κ1) is 14.4. The molecule has 0 aromatic carbocycles. The monoisotopic (exact) mass is 261 g/mol. The molecule has 102 valence electrons. The molecule has 0 fully saturated rings. The molecule has 0 atom stereocenters. The number of anilines is 2. The lowest BCUT2D eigenvalue weighted by atomic mass is 10.4. The van der Waals surface area contributed by atoms with Crippen molar-refractivity contribution < 1.29 is 18.3 Å². The van der Waals surface area contributed by atoms with Gasteiger partial charge in [0.15, 0.2) is 0 Å². The number of hydrogen-bond acceptors (Lipinski definition) is 5. The van der Waals surface area contributed by atoms with Crippen LogP contribution in [0.3, 0.4) is 0 Å². The molecule has 0 aliphatic rings. The van der Waals surface area contributed by atoms with Crippen LogP contribution in [0.2, 0.25) is 0 Å². The van der Waals surface area contributed by atoms with Gasteiger partial charge in [-0.05, 0) is 19.1 Å². The van der Waals surface area contributed by atoms with Crippen molar-refractivity contribution in [2.75, 3.05) is 37.4 Å². The first-order valence-electron chi connectivity index (χ1n) is 5.62. The van der Waals surface area contributed by atoms with Crippen LogP contribution >= 0.6 is 0 Å². The Labute approximate surface area is 104 Å². The van der Waals surface area contributed by atoms with E-state index >= 15 is 0 Å². The second-order valence-corrected chi connectivity index (χ2v) is 3.42. The molecular weight excluding hydrogens is 244 g/mol. The first-order valence-corrected chi connectivity index (χ1v) is 5.62. The fourth-order valence-electron chi connectivity index (χ4n) is 1.23. The van der Waals surface area contributed by atoms with Crippen molar-refractivity contribution in [2.45, 2.75) is 13.3 Å². The summed E-state index contributed by atoms with van der Waals surface area (Å²) in [6.07, 6.45) is -2.44. The summed E-state index contributed by atoms with van der Waals surface area (Å²) in [4.78, 5) is 4.13. The zero-order valence-electron chi connectivity index (χ0n) is 10.2. The number of nitrogens with one attached hydrogen (secondary N) is 1. The number of alkyl halides is 2. The third-order valence-corrected chi connectivity index (χ3v) is 1.97. The van der Waals surface area contributed by atoms with E-state index in [0.717, 1.165) is 0 Å². The van der Waals surface area contributed by atoms with Crippen molar-refractivity contribution in [2.24, 2.45) is 0 Å². The van der Waals surface area contributed by atoms with Crippen molar-refractivity contribution in [3.8, 4) is 5.88 Å². The highest BCUT2D eigenvalue weighted by atomic mass is 19.3. The average Bonchev–Trinajstić information content (AvgIpc) is 2.32. The van der Waals surface area contributed by atoms with E-state index < -0.39 is 13.0 Å². The fraction of sp³-hybridized carbons (Fsp3) is 0.545. The molecule has 0 unspecified atom stereocenters. The molecule has 5 nitrogen and oxygen atoms in total. The van der Waals surface area contributed by atoms with Gasteiger partial charge in [-0.25, -0.2) is 8.78 Å². The van der Waals surface area contributed by atoms with Gasteiger partial charge in [-0.3, -0.25) is 0 Å². The molecule has 1 heterocycles. The number of pyridine rings is 1. The summed E-state index contributed by atoms with van der Waals surface area (Å²) in [7, 11) is 0. The van der Waals surface area contributed by atoms with Gasteiger partial charge in [-0.15, -0.1) is 0 Å². The van der Waals surface area contributed by atoms with E-state index in [-0.39, 0.29) is 6.61 Å². The molecule has 0 amide bonds. The third-order valence-electron chi connectivity index (χ3n) is 1.97. The molecule has 1 rings (SSSR count). The topological polar surface area (TPSA) is 69.4 Å². The summed E-state index contributed by atoms with van der Waals surface area (Å²) in [5.41, 5.74) is 6.12. The van der Waals surface area contributed by atoms with Gasteiger partial charge in [-0.1, -0.05) is 0 Å². The second kappa shape index (κ2) is 7.65. The zero-order valence-corrected chi connectivity index (χ0v) is 10.2. The maximum atomic E-state index is 11.8. The zero-order chi connectivity index (χ0) is 13.4. The van der Waals surface area contributed by atoms with E-state index in [4.69, 9.17) is 15.2 Å². The minimum atomic E-state index is -2.44. The van der Waals surface area contributed by atoms with Gasteiger partial charge >= 0.3 is 0 Å². The van der Waals surface area contributed by atoms with E-state index in [9.17, 15) is 8.78 Å². The van der Waals surface area contributed by atoms with Crippen LogP contribution in [0.1, 0.15) is 6.92 Å². The highest BCUT2D eigenvalue weighted by Gasteiger charge is 2.04. The predicted molar refractivity (Wildman–Crippen MR) is 65.1 cm³/mol. The van der Waals surface area contributed by atoms with Crippen molar-refractivity contribution in [3.05, 3.63) is 12.1 Å². The summed E-state index contributed by atoms with van der Waals surface area (Å²) < 4.78 is 33.5. The van der Waals surface area contributed by atoms with E-state index in [1.807, 2.05) is 6.92 Å². The fourth-order valence-corrected chi connectivity index (χ4v) is 1.23. The average molecular weight is 261 g/mol. The van der Waals surface area contributed by atoms with Crippen LogP contribution in [0.4, 0.5) is 20.3 Å². The Bertz CT molecular complexity index is 364. The maximum Gasteiger partial charge on any atom is 0.261 e. The molecule has 3 N–H and O–H groups in total. The Morgan fingerprint density at radius 3 is 2.89 bits per heavy atom. The number of ether oxygens (including phenoxy) is 2. The van der Waals surface area contributed by atoms with E-state index in [2.05, 4.69) is 10.3 Å². The molecule has 0 spiro atoms. The Morgan fingerprint density at radius 1 is 1.44 bits per heavy atom. The van der Waals surface area contributed by atoms with E-state index in [1.54, 1.807) is 12.1 Å². The Hall–Kier alpha value is -1.63. The molecule has 0 saturated heterocycles. The van der Waals surface area contributed by atoms with Gasteiger partial charge < -0.3 is 20.5 Å². The number of rotatable bonds is 8. The lowest BCUT2D eigenvalue weighted by Crippen LogP contribution is -2.14. The molecule has 7 heteroatoms. The summed E-state index contributed by atoms with van der Waals surface area (Å²) in [5, 5.41) is 2.93. The molecule has 1 aromatic rings. The van der Waals surface area contributed by atoms with E-state index in [1.165, 1.54) is 0 Å². The standard InChI is InChI=1S/C11H17F2N3O2/c1-2-18-11-8(14)3-4-10(16-11)15-5-6-17-7-9(12)13/h3-4,9H,2,5-7,14H2,1H3,(H,15,16). The summed E-state index contributed by atoms with van der Waals surface area (Å²) in [6, 6.07) is 3.35. The Kier molecular flexibility index (Phi) is 6.13. The van der Waals surface area contributed by atoms with Crippen LogP contribution in [0.5, 0.6) is 5.88 Å². The molecule has 0 aliphatic heterocycles. The van der Waals surface area contributed by atoms with Crippen LogP contribution in [0, 0.1) is 0 Å². The number of aromatic nitrogens is 1. The number of halogens is 2. The summed E-state index contributed by atoms with van der Waals surface area (Å²) in [5.74, 6) is 0.921. The molecule has 0 saturated carbocycles. The van der Waals surface area contributed by atoms with Gasteiger partial charge in [0.05, 0.1) is 18.9 Å². The van der Waals surface area contributed by atoms with Crippen LogP contribution in [0.15, 0.2) is 12.1 Å². The minimum Gasteiger partial charge on any atom is -0.476 e. The van der Waals surface area contributed by atoms with Crippen molar-refractivity contribution in [1.82, 2.24) is 4.98 Å². The lowest BCUT2D eigenvalue weighted by Gasteiger charge is -2.10. The first-order chi connectivity index (χ1) is 8.63. The van der Waals surface area contributed by atoms with Crippen LogP contribution in [0.25, 0.3) is 0 Å².